The predicted molar refractivity (Wildman–Crippen MR) is 103 cm³/mol. The quantitative estimate of drug-likeness (QED) is 0.445. The molecule has 2 nitrogen and oxygen atoms in total. The number of aromatic nitrogens is 1. The molecule has 5 rings (SSSR count). The first kappa shape index (κ1) is 14.6. The Morgan fingerprint density at radius 3 is 2.56 bits per heavy atom. The van der Waals surface area contributed by atoms with Gasteiger partial charge in [-0.1, -0.05) is 54.6 Å². The van der Waals surface area contributed by atoms with Gasteiger partial charge >= 0.3 is 0 Å². The molecule has 120 valence electrons. The summed E-state index contributed by atoms with van der Waals surface area (Å²) in [5, 5.41) is 2.07. The lowest BCUT2D eigenvalue weighted by atomic mass is 9.99. The Morgan fingerprint density at radius 1 is 0.800 bits per heavy atom. The highest BCUT2D eigenvalue weighted by molar-refractivity contribution is 8.00. The average Bonchev–Trinajstić information content (AvgIpc) is 3.11. The highest BCUT2D eigenvalue weighted by atomic mass is 32.2. The van der Waals surface area contributed by atoms with E-state index in [0.717, 1.165) is 27.2 Å². The van der Waals surface area contributed by atoms with E-state index < -0.39 is 0 Å². The SMILES string of the molecule is O=C1c2cccn2-c2ccccc2SC1c1cccc2ccccc12. The second-order valence-electron chi connectivity index (χ2n) is 6.16. The zero-order valence-electron chi connectivity index (χ0n) is 13.4. The van der Waals surface area contributed by atoms with Crippen molar-refractivity contribution in [3.63, 3.8) is 0 Å². The minimum absolute atomic E-state index is 0.155. The largest absolute Gasteiger partial charge is 0.313 e. The van der Waals surface area contributed by atoms with E-state index in [4.69, 9.17) is 0 Å². The van der Waals surface area contributed by atoms with E-state index in [2.05, 4.69) is 36.4 Å². The van der Waals surface area contributed by atoms with Crippen LogP contribution in [0.25, 0.3) is 16.5 Å². The third kappa shape index (κ3) is 2.24. The molecule has 2 heterocycles. The van der Waals surface area contributed by atoms with Crippen LogP contribution in [0.3, 0.4) is 0 Å². The summed E-state index contributed by atoms with van der Waals surface area (Å²) in [6, 6.07) is 26.6. The Labute approximate surface area is 150 Å². The van der Waals surface area contributed by atoms with Crippen molar-refractivity contribution < 1.29 is 4.79 Å². The molecule has 1 unspecified atom stereocenters. The minimum Gasteiger partial charge on any atom is -0.313 e. The molecule has 0 bridgehead atoms. The Kier molecular flexibility index (Phi) is 3.28. The molecule has 0 N–H and O–H groups in total. The fourth-order valence-electron chi connectivity index (χ4n) is 3.55. The Bertz CT molecular complexity index is 1110. The van der Waals surface area contributed by atoms with E-state index in [1.54, 1.807) is 11.8 Å². The van der Waals surface area contributed by atoms with Crippen LogP contribution in [0.15, 0.2) is 90.0 Å². The van der Waals surface area contributed by atoms with Gasteiger partial charge < -0.3 is 4.57 Å². The first-order valence-electron chi connectivity index (χ1n) is 8.28. The van der Waals surface area contributed by atoms with E-state index in [-0.39, 0.29) is 11.0 Å². The van der Waals surface area contributed by atoms with Crippen LogP contribution in [-0.2, 0) is 0 Å². The third-order valence-corrected chi connectivity index (χ3v) is 6.02. The van der Waals surface area contributed by atoms with Crippen LogP contribution in [0.5, 0.6) is 0 Å². The number of fused-ring (bicyclic) bond motifs is 4. The normalized spacial score (nSPS) is 16.3. The number of Topliss-reactive ketones (excluding diaryl/α,β-unsaturated/α-hetero) is 1. The van der Waals surface area contributed by atoms with Gasteiger partial charge in [0, 0.05) is 11.1 Å². The van der Waals surface area contributed by atoms with Crippen molar-refractivity contribution in [3.8, 4) is 5.69 Å². The number of para-hydroxylation sites is 1. The Balaban J connectivity index is 1.77. The van der Waals surface area contributed by atoms with Gasteiger partial charge in [-0.15, -0.1) is 11.8 Å². The molecular weight excluding hydrogens is 326 g/mol. The molecule has 1 aliphatic heterocycles. The van der Waals surface area contributed by atoms with Gasteiger partial charge in [0.15, 0.2) is 5.78 Å². The number of rotatable bonds is 1. The highest BCUT2D eigenvalue weighted by Gasteiger charge is 2.31. The van der Waals surface area contributed by atoms with Gasteiger partial charge in [0.1, 0.15) is 0 Å². The maximum Gasteiger partial charge on any atom is 0.197 e. The molecule has 0 fully saturated rings. The van der Waals surface area contributed by atoms with Crippen LogP contribution < -0.4 is 0 Å². The maximum atomic E-state index is 13.4. The van der Waals surface area contributed by atoms with Crippen molar-refractivity contribution >= 4 is 28.3 Å². The molecule has 0 radical (unpaired) electrons. The standard InChI is InChI=1S/C22H15NOS/c24-21-19-12-6-14-23(19)18-11-3-4-13-20(18)25-22(21)17-10-5-8-15-7-1-2-9-16(15)17/h1-14,22H. The fraction of sp³-hybridized carbons (Fsp3) is 0.0455. The molecule has 1 aromatic heterocycles. The molecule has 1 atom stereocenters. The Morgan fingerprint density at radius 2 is 1.60 bits per heavy atom. The van der Waals surface area contributed by atoms with Crippen molar-refractivity contribution in [2.75, 3.05) is 0 Å². The van der Waals surface area contributed by atoms with Crippen molar-refractivity contribution in [1.29, 1.82) is 0 Å². The van der Waals surface area contributed by atoms with E-state index in [9.17, 15) is 4.79 Å². The van der Waals surface area contributed by atoms with Gasteiger partial charge in [-0.2, -0.15) is 0 Å². The van der Waals surface area contributed by atoms with Gasteiger partial charge in [-0.3, -0.25) is 4.79 Å². The lowest BCUT2D eigenvalue weighted by molar-refractivity contribution is 0.0984. The van der Waals surface area contributed by atoms with Gasteiger partial charge in [-0.05, 0) is 40.6 Å². The van der Waals surface area contributed by atoms with Crippen molar-refractivity contribution in [2.45, 2.75) is 10.1 Å². The average molecular weight is 341 g/mol. The molecular formula is C22H15NOS. The molecule has 3 heteroatoms. The van der Waals surface area contributed by atoms with Gasteiger partial charge in [0.05, 0.1) is 16.6 Å². The van der Waals surface area contributed by atoms with Crippen LogP contribution in [0.2, 0.25) is 0 Å². The van der Waals surface area contributed by atoms with Gasteiger partial charge in [-0.25, -0.2) is 0 Å². The first-order valence-corrected chi connectivity index (χ1v) is 9.16. The number of ketones is 1. The molecule has 25 heavy (non-hydrogen) atoms. The minimum atomic E-state index is -0.247. The van der Waals surface area contributed by atoms with Crippen LogP contribution in [-0.4, -0.2) is 10.4 Å². The lowest BCUT2D eigenvalue weighted by Gasteiger charge is -2.16. The second-order valence-corrected chi connectivity index (χ2v) is 7.31. The molecule has 4 aromatic rings. The second kappa shape index (κ2) is 5.64. The Hall–Kier alpha value is -2.78. The summed E-state index contributed by atoms with van der Waals surface area (Å²) in [7, 11) is 0. The zero-order chi connectivity index (χ0) is 16.8. The van der Waals surface area contributed by atoms with Gasteiger partial charge in [0.2, 0.25) is 0 Å². The summed E-state index contributed by atoms with van der Waals surface area (Å²) in [6.07, 6.45) is 1.97. The number of thioether (sulfide) groups is 1. The van der Waals surface area contributed by atoms with Crippen molar-refractivity contribution in [3.05, 3.63) is 96.3 Å². The maximum absolute atomic E-state index is 13.4. The third-order valence-electron chi connectivity index (χ3n) is 4.71. The molecule has 0 aliphatic carbocycles. The molecule has 0 spiro atoms. The molecule has 1 aliphatic rings. The van der Waals surface area contributed by atoms with Crippen LogP contribution in [0.4, 0.5) is 0 Å². The van der Waals surface area contributed by atoms with E-state index >= 15 is 0 Å². The molecule has 0 amide bonds. The van der Waals surface area contributed by atoms with E-state index in [1.807, 2.05) is 53.2 Å². The first-order chi connectivity index (χ1) is 12.3. The smallest absolute Gasteiger partial charge is 0.197 e. The summed E-state index contributed by atoms with van der Waals surface area (Å²) < 4.78 is 2.01. The molecule has 3 aromatic carbocycles. The van der Waals surface area contributed by atoms with Gasteiger partial charge in [0.25, 0.3) is 0 Å². The number of hydrogen-bond acceptors (Lipinski definition) is 2. The predicted octanol–water partition coefficient (Wildman–Crippen LogP) is 5.66. The van der Waals surface area contributed by atoms with Crippen LogP contribution in [0.1, 0.15) is 21.3 Å². The molecule has 0 saturated heterocycles. The lowest BCUT2D eigenvalue weighted by Crippen LogP contribution is -2.11. The summed E-state index contributed by atoms with van der Waals surface area (Å²) in [5.41, 5.74) is 2.90. The highest BCUT2D eigenvalue weighted by Crippen LogP contribution is 2.45. The van der Waals surface area contributed by atoms with Crippen LogP contribution >= 0.6 is 11.8 Å². The topological polar surface area (TPSA) is 22.0 Å². The molecule has 0 saturated carbocycles. The number of carbonyl (C=O) groups excluding carboxylic acids is 1. The van der Waals surface area contributed by atoms with E-state index in [0.29, 0.717) is 0 Å². The summed E-state index contributed by atoms with van der Waals surface area (Å²) in [6.45, 7) is 0. The fourth-order valence-corrected chi connectivity index (χ4v) is 4.80. The monoisotopic (exact) mass is 341 g/mol. The zero-order valence-corrected chi connectivity index (χ0v) is 14.2. The number of benzene rings is 3. The van der Waals surface area contributed by atoms with Crippen LogP contribution in [0, 0.1) is 0 Å². The summed E-state index contributed by atoms with van der Waals surface area (Å²) in [5.74, 6) is 0.155. The number of carbonyl (C=O) groups is 1. The van der Waals surface area contributed by atoms with E-state index in [1.165, 1.54) is 5.39 Å². The summed E-state index contributed by atoms with van der Waals surface area (Å²) >= 11 is 1.64. The number of hydrogen-bond donors (Lipinski definition) is 0. The van der Waals surface area contributed by atoms with Crippen molar-refractivity contribution in [2.24, 2.45) is 0 Å². The number of nitrogens with zero attached hydrogens (tertiary/aromatic N) is 1. The summed E-state index contributed by atoms with van der Waals surface area (Å²) in [4.78, 5) is 14.5. The van der Waals surface area contributed by atoms with Crippen molar-refractivity contribution in [1.82, 2.24) is 4.57 Å².